The molecule has 2 atom stereocenters. The van der Waals surface area contributed by atoms with Gasteiger partial charge in [-0.2, -0.15) is 8.42 Å². The molecule has 20 heavy (non-hydrogen) atoms. The third kappa shape index (κ3) is 3.68. The second kappa shape index (κ2) is 6.20. The zero-order valence-electron chi connectivity index (χ0n) is 11.3. The van der Waals surface area contributed by atoms with E-state index < -0.39 is 15.4 Å². The van der Waals surface area contributed by atoms with Gasteiger partial charge in [-0.1, -0.05) is 67.6 Å². The molecule has 106 valence electrons. The predicted octanol–water partition coefficient (Wildman–Crippen LogP) is 3.81. The van der Waals surface area contributed by atoms with Gasteiger partial charge in [0.1, 0.15) is 5.25 Å². The van der Waals surface area contributed by atoms with Crippen molar-refractivity contribution in [3.05, 3.63) is 71.8 Å². The van der Waals surface area contributed by atoms with Gasteiger partial charge in [-0.3, -0.25) is 4.55 Å². The van der Waals surface area contributed by atoms with Crippen molar-refractivity contribution in [3.8, 4) is 0 Å². The van der Waals surface area contributed by atoms with Crippen molar-refractivity contribution >= 4 is 10.1 Å². The second-order valence-electron chi connectivity index (χ2n) is 4.96. The second-order valence-corrected chi connectivity index (χ2v) is 6.56. The topological polar surface area (TPSA) is 54.4 Å². The first-order valence-electron chi connectivity index (χ1n) is 6.54. The molecule has 4 heteroatoms. The average molecular weight is 290 g/mol. The molecule has 0 amide bonds. The minimum atomic E-state index is -4.12. The van der Waals surface area contributed by atoms with Gasteiger partial charge in [0, 0.05) is 0 Å². The highest BCUT2D eigenvalue weighted by atomic mass is 32.2. The standard InChI is InChI=1S/C16H18O3S/c1-13(14-8-4-2-5-9-14)12-16(20(17,18)19)15-10-6-3-7-11-15/h2-11,13,16H,12H2,1H3,(H,17,18,19). The molecule has 2 aromatic carbocycles. The maximum atomic E-state index is 11.7. The zero-order valence-corrected chi connectivity index (χ0v) is 12.1. The SMILES string of the molecule is CC(CC(c1ccccc1)S(=O)(=O)O)c1ccccc1. The van der Waals surface area contributed by atoms with E-state index in [0.717, 1.165) is 5.56 Å². The third-order valence-electron chi connectivity index (χ3n) is 3.47. The van der Waals surface area contributed by atoms with Crippen LogP contribution in [0.5, 0.6) is 0 Å². The summed E-state index contributed by atoms with van der Waals surface area (Å²) in [5.41, 5.74) is 1.69. The summed E-state index contributed by atoms with van der Waals surface area (Å²) < 4.78 is 32.8. The van der Waals surface area contributed by atoms with E-state index in [0.29, 0.717) is 12.0 Å². The monoisotopic (exact) mass is 290 g/mol. The van der Waals surface area contributed by atoms with Crippen LogP contribution in [0, 0.1) is 0 Å². The molecule has 0 fully saturated rings. The average Bonchev–Trinajstić information content (AvgIpc) is 2.45. The van der Waals surface area contributed by atoms with Gasteiger partial charge in [0.15, 0.2) is 0 Å². The fourth-order valence-electron chi connectivity index (χ4n) is 2.34. The third-order valence-corrected chi connectivity index (χ3v) is 4.65. The highest BCUT2D eigenvalue weighted by Crippen LogP contribution is 2.32. The van der Waals surface area contributed by atoms with E-state index in [1.165, 1.54) is 0 Å². The van der Waals surface area contributed by atoms with Gasteiger partial charge in [0.25, 0.3) is 10.1 Å². The molecule has 0 aromatic heterocycles. The van der Waals surface area contributed by atoms with E-state index in [1.807, 2.05) is 43.3 Å². The number of benzene rings is 2. The normalized spacial score (nSPS) is 14.7. The first-order valence-corrected chi connectivity index (χ1v) is 8.05. The molecule has 3 nitrogen and oxygen atoms in total. The van der Waals surface area contributed by atoms with Crippen molar-refractivity contribution < 1.29 is 13.0 Å². The lowest BCUT2D eigenvalue weighted by Crippen LogP contribution is -2.14. The van der Waals surface area contributed by atoms with Crippen LogP contribution in [0.15, 0.2) is 60.7 Å². The Kier molecular flexibility index (Phi) is 4.57. The summed E-state index contributed by atoms with van der Waals surface area (Å²) in [4.78, 5) is 0. The van der Waals surface area contributed by atoms with Crippen LogP contribution in [0.4, 0.5) is 0 Å². The Morgan fingerprint density at radius 1 is 0.900 bits per heavy atom. The molecule has 0 saturated carbocycles. The molecule has 0 aliphatic carbocycles. The smallest absolute Gasteiger partial charge is 0.272 e. The van der Waals surface area contributed by atoms with Crippen molar-refractivity contribution in [2.75, 3.05) is 0 Å². The van der Waals surface area contributed by atoms with Crippen molar-refractivity contribution in [1.29, 1.82) is 0 Å². The summed E-state index contributed by atoms with van der Waals surface area (Å²) in [6.07, 6.45) is 0.354. The lowest BCUT2D eigenvalue weighted by Gasteiger charge is -2.19. The van der Waals surface area contributed by atoms with E-state index in [4.69, 9.17) is 0 Å². The summed E-state index contributed by atoms with van der Waals surface area (Å²) in [6.45, 7) is 1.97. The molecule has 0 aliphatic rings. The first-order chi connectivity index (χ1) is 9.48. The van der Waals surface area contributed by atoms with Crippen molar-refractivity contribution in [1.82, 2.24) is 0 Å². The largest absolute Gasteiger partial charge is 0.285 e. The van der Waals surface area contributed by atoms with Crippen molar-refractivity contribution in [3.63, 3.8) is 0 Å². The van der Waals surface area contributed by atoms with Gasteiger partial charge >= 0.3 is 0 Å². The fourth-order valence-corrected chi connectivity index (χ4v) is 3.37. The van der Waals surface area contributed by atoms with Gasteiger partial charge in [0.05, 0.1) is 0 Å². The molecule has 0 aliphatic heterocycles. The molecule has 0 heterocycles. The summed E-state index contributed by atoms with van der Waals surface area (Å²) in [5, 5.41) is -0.890. The van der Waals surface area contributed by atoms with Crippen LogP contribution in [0.1, 0.15) is 35.6 Å². The lowest BCUT2D eigenvalue weighted by atomic mass is 9.94. The maximum Gasteiger partial charge on any atom is 0.272 e. The van der Waals surface area contributed by atoms with Gasteiger partial charge < -0.3 is 0 Å². The fraction of sp³-hybridized carbons (Fsp3) is 0.250. The Balaban J connectivity index is 2.26. The Bertz CT molecular complexity index is 636. The highest BCUT2D eigenvalue weighted by Gasteiger charge is 2.27. The van der Waals surface area contributed by atoms with Gasteiger partial charge in [0.2, 0.25) is 0 Å². The Labute approximate surface area is 120 Å². The van der Waals surface area contributed by atoms with Crippen LogP contribution < -0.4 is 0 Å². The summed E-state index contributed by atoms with van der Waals surface area (Å²) >= 11 is 0. The molecule has 0 saturated heterocycles. The van der Waals surface area contributed by atoms with E-state index in [2.05, 4.69) is 0 Å². The molecule has 2 rings (SSSR count). The van der Waals surface area contributed by atoms with Crippen LogP contribution in [-0.2, 0) is 10.1 Å². The number of hydrogen-bond donors (Lipinski definition) is 1. The molecular weight excluding hydrogens is 272 g/mol. The minimum absolute atomic E-state index is 0.0448. The van der Waals surface area contributed by atoms with E-state index in [9.17, 15) is 13.0 Å². The Hall–Kier alpha value is -1.65. The summed E-state index contributed by atoms with van der Waals surface area (Å²) in [6, 6.07) is 18.6. The van der Waals surface area contributed by atoms with Gasteiger partial charge in [-0.25, -0.2) is 0 Å². The van der Waals surface area contributed by atoms with Gasteiger partial charge in [-0.05, 0) is 23.5 Å². The van der Waals surface area contributed by atoms with E-state index in [-0.39, 0.29) is 5.92 Å². The molecule has 1 N–H and O–H groups in total. The molecular formula is C16H18O3S. The quantitative estimate of drug-likeness (QED) is 0.852. The Morgan fingerprint density at radius 2 is 1.35 bits per heavy atom. The molecule has 2 unspecified atom stereocenters. The van der Waals surface area contributed by atoms with Crippen LogP contribution in [0.2, 0.25) is 0 Å². The van der Waals surface area contributed by atoms with Crippen LogP contribution >= 0.6 is 0 Å². The first kappa shape index (κ1) is 14.8. The van der Waals surface area contributed by atoms with Gasteiger partial charge in [-0.15, -0.1) is 0 Å². The lowest BCUT2D eigenvalue weighted by molar-refractivity contribution is 0.458. The molecule has 2 aromatic rings. The number of hydrogen-bond acceptors (Lipinski definition) is 2. The Morgan fingerprint density at radius 3 is 1.80 bits per heavy atom. The zero-order chi connectivity index (χ0) is 14.6. The summed E-state index contributed by atoms with van der Waals surface area (Å²) in [5.74, 6) is 0.0448. The minimum Gasteiger partial charge on any atom is -0.285 e. The van der Waals surface area contributed by atoms with Crippen LogP contribution in [0.25, 0.3) is 0 Å². The van der Waals surface area contributed by atoms with Crippen LogP contribution in [0.3, 0.4) is 0 Å². The maximum absolute atomic E-state index is 11.7. The summed E-state index contributed by atoms with van der Waals surface area (Å²) in [7, 11) is -4.12. The van der Waals surface area contributed by atoms with Crippen LogP contribution in [-0.4, -0.2) is 13.0 Å². The van der Waals surface area contributed by atoms with E-state index >= 15 is 0 Å². The molecule has 0 spiro atoms. The number of rotatable bonds is 5. The predicted molar refractivity (Wildman–Crippen MR) is 80.2 cm³/mol. The highest BCUT2D eigenvalue weighted by molar-refractivity contribution is 7.86. The molecule has 0 bridgehead atoms. The van der Waals surface area contributed by atoms with Crippen molar-refractivity contribution in [2.45, 2.75) is 24.5 Å². The van der Waals surface area contributed by atoms with Crippen molar-refractivity contribution in [2.24, 2.45) is 0 Å². The van der Waals surface area contributed by atoms with E-state index in [1.54, 1.807) is 24.3 Å². The molecule has 0 radical (unpaired) electrons.